The molecule has 5 heteroatoms. The average Bonchev–Trinajstić information content (AvgIpc) is 2.30. The largest absolute Gasteiger partial charge is 0.507 e. The molecule has 1 aromatic carbocycles. The number of carbonyl (C=O) groups excluding carboxylic acids is 1. The number of amides is 1. The zero-order chi connectivity index (χ0) is 13.7. The van der Waals surface area contributed by atoms with E-state index in [2.05, 4.69) is 0 Å². The van der Waals surface area contributed by atoms with Crippen LogP contribution in [-0.2, 0) is 0 Å². The Morgan fingerprint density at radius 3 is 2.72 bits per heavy atom. The number of nitrogens with two attached hydrogens (primary N) is 1. The molecule has 0 atom stereocenters. The Labute approximate surface area is 112 Å². The maximum Gasteiger partial charge on any atom is 0.257 e. The predicted octanol–water partition coefficient (Wildman–Crippen LogP) is 1.84. The van der Waals surface area contributed by atoms with Gasteiger partial charge in [0, 0.05) is 6.54 Å². The van der Waals surface area contributed by atoms with Crippen LogP contribution in [0.15, 0.2) is 18.2 Å². The molecule has 0 fully saturated rings. The Hall–Kier alpha value is -1.62. The molecular weight excluding hydrogens is 248 g/mol. The molecule has 1 rings (SSSR count). The molecule has 0 spiro atoms. The topological polar surface area (TPSA) is 66.6 Å². The molecule has 0 saturated carbocycles. The summed E-state index contributed by atoms with van der Waals surface area (Å²) in [5.41, 5.74) is 6.69. The van der Waals surface area contributed by atoms with Crippen LogP contribution in [0.1, 0.15) is 29.3 Å². The van der Waals surface area contributed by atoms with Crippen LogP contribution in [0.4, 0.5) is 0 Å². The lowest BCUT2D eigenvalue weighted by molar-refractivity contribution is 0.0777. The highest BCUT2D eigenvalue weighted by Gasteiger charge is 2.18. The first-order chi connectivity index (χ1) is 8.45. The van der Waals surface area contributed by atoms with Crippen molar-refractivity contribution in [2.75, 3.05) is 13.1 Å². The van der Waals surface area contributed by atoms with Crippen molar-refractivity contribution >= 4 is 23.1 Å². The minimum atomic E-state index is -0.245. The van der Waals surface area contributed by atoms with E-state index >= 15 is 0 Å². The van der Waals surface area contributed by atoms with E-state index in [-0.39, 0.29) is 23.2 Å². The molecule has 0 unspecified atom stereocenters. The molecular formula is C13H18N2O2S. The summed E-state index contributed by atoms with van der Waals surface area (Å²) in [7, 11) is 0. The fourth-order valence-electron chi connectivity index (χ4n) is 1.70. The molecule has 0 heterocycles. The van der Waals surface area contributed by atoms with Crippen molar-refractivity contribution in [3.8, 4) is 5.75 Å². The second kappa shape index (κ2) is 6.35. The number of carbonyl (C=O) groups is 1. The SMILES string of the molecule is CCCN(CC(N)=S)C(=O)c1cc(C)ccc1O. The van der Waals surface area contributed by atoms with Gasteiger partial charge in [0.15, 0.2) is 0 Å². The van der Waals surface area contributed by atoms with Crippen molar-refractivity contribution in [3.05, 3.63) is 29.3 Å². The summed E-state index contributed by atoms with van der Waals surface area (Å²) in [6, 6.07) is 4.94. The van der Waals surface area contributed by atoms with Gasteiger partial charge in [-0.2, -0.15) is 0 Å². The smallest absolute Gasteiger partial charge is 0.257 e. The molecule has 0 aliphatic carbocycles. The highest BCUT2D eigenvalue weighted by Crippen LogP contribution is 2.20. The van der Waals surface area contributed by atoms with Crippen LogP contribution < -0.4 is 5.73 Å². The van der Waals surface area contributed by atoms with Crippen LogP contribution in [0.2, 0.25) is 0 Å². The lowest BCUT2D eigenvalue weighted by Gasteiger charge is -2.22. The molecule has 0 aliphatic rings. The highest BCUT2D eigenvalue weighted by molar-refractivity contribution is 7.80. The van der Waals surface area contributed by atoms with E-state index in [0.29, 0.717) is 12.1 Å². The van der Waals surface area contributed by atoms with Crippen molar-refractivity contribution in [2.24, 2.45) is 5.73 Å². The number of hydrogen-bond acceptors (Lipinski definition) is 3. The predicted molar refractivity (Wildman–Crippen MR) is 75.8 cm³/mol. The molecule has 0 bridgehead atoms. The quantitative estimate of drug-likeness (QED) is 0.798. The van der Waals surface area contributed by atoms with E-state index in [1.165, 1.54) is 6.07 Å². The summed E-state index contributed by atoms with van der Waals surface area (Å²) in [6.07, 6.45) is 0.806. The van der Waals surface area contributed by atoms with Gasteiger partial charge in [-0.1, -0.05) is 30.8 Å². The lowest BCUT2D eigenvalue weighted by atomic mass is 10.1. The third kappa shape index (κ3) is 3.70. The summed E-state index contributed by atoms with van der Waals surface area (Å²) in [4.78, 5) is 14.1. The van der Waals surface area contributed by atoms with E-state index in [1.807, 2.05) is 13.8 Å². The number of nitrogens with zero attached hydrogens (tertiary/aromatic N) is 1. The van der Waals surface area contributed by atoms with Crippen LogP contribution in [-0.4, -0.2) is 34.0 Å². The average molecular weight is 266 g/mol. The van der Waals surface area contributed by atoms with Crippen LogP contribution in [0.5, 0.6) is 5.75 Å². The van der Waals surface area contributed by atoms with E-state index in [9.17, 15) is 9.90 Å². The van der Waals surface area contributed by atoms with E-state index < -0.39 is 0 Å². The summed E-state index contributed by atoms with van der Waals surface area (Å²) < 4.78 is 0. The second-order valence-electron chi connectivity index (χ2n) is 4.21. The van der Waals surface area contributed by atoms with Gasteiger partial charge in [0.1, 0.15) is 5.75 Å². The third-order valence-electron chi connectivity index (χ3n) is 2.51. The van der Waals surface area contributed by atoms with Gasteiger partial charge in [-0.3, -0.25) is 4.79 Å². The van der Waals surface area contributed by atoms with Crippen LogP contribution >= 0.6 is 12.2 Å². The standard InChI is InChI=1S/C13H18N2O2S/c1-3-6-15(8-12(14)18)13(17)10-7-9(2)4-5-11(10)16/h4-5,7,16H,3,6,8H2,1-2H3,(H2,14,18). The monoisotopic (exact) mass is 266 g/mol. The molecule has 4 nitrogen and oxygen atoms in total. The summed E-state index contributed by atoms with van der Waals surface area (Å²) >= 11 is 4.84. The number of aryl methyl sites for hydroxylation is 1. The molecule has 98 valence electrons. The van der Waals surface area contributed by atoms with Crippen LogP contribution in [0.25, 0.3) is 0 Å². The minimum Gasteiger partial charge on any atom is -0.507 e. The Kier molecular flexibility index (Phi) is 5.09. The fourth-order valence-corrected chi connectivity index (χ4v) is 1.86. The Morgan fingerprint density at radius 1 is 1.50 bits per heavy atom. The molecule has 0 aliphatic heterocycles. The second-order valence-corrected chi connectivity index (χ2v) is 4.74. The number of rotatable bonds is 5. The van der Waals surface area contributed by atoms with Crippen molar-refractivity contribution in [3.63, 3.8) is 0 Å². The van der Waals surface area contributed by atoms with Crippen molar-refractivity contribution < 1.29 is 9.90 Å². The van der Waals surface area contributed by atoms with Crippen molar-refractivity contribution in [1.82, 2.24) is 4.90 Å². The van der Waals surface area contributed by atoms with Crippen LogP contribution in [0, 0.1) is 6.92 Å². The summed E-state index contributed by atoms with van der Waals surface area (Å²) in [6.45, 7) is 4.63. The number of thiocarbonyl (C=S) groups is 1. The maximum absolute atomic E-state index is 12.3. The Bertz CT molecular complexity index is 460. The molecule has 1 amide bonds. The number of phenols is 1. The van der Waals surface area contributed by atoms with Crippen LogP contribution in [0.3, 0.4) is 0 Å². The van der Waals surface area contributed by atoms with Crippen molar-refractivity contribution in [1.29, 1.82) is 0 Å². The van der Waals surface area contributed by atoms with Gasteiger partial charge in [0.05, 0.1) is 17.1 Å². The third-order valence-corrected chi connectivity index (χ3v) is 2.64. The summed E-state index contributed by atoms with van der Waals surface area (Å²) in [5.74, 6) is -0.263. The number of phenolic OH excluding ortho intramolecular Hbond substituents is 1. The normalized spacial score (nSPS) is 10.1. The minimum absolute atomic E-state index is 0.0188. The highest BCUT2D eigenvalue weighted by atomic mass is 32.1. The number of benzene rings is 1. The lowest BCUT2D eigenvalue weighted by Crippen LogP contribution is -2.38. The van der Waals surface area contributed by atoms with Gasteiger partial charge in [0.2, 0.25) is 0 Å². The molecule has 0 radical (unpaired) electrons. The zero-order valence-electron chi connectivity index (χ0n) is 10.6. The Balaban J connectivity index is 3.01. The van der Waals surface area contributed by atoms with E-state index in [0.717, 1.165) is 12.0 Å². The first kappa shape index (κ1) is 14.4. The fraction of sp³-hybridized carbons (Fsp3) is 0.385. The maximum atomic E-state index is 12.3. The van der Waals surface area contributed by atoms with Gasteiger partial charge >= 0.3 is 0 Å². The zero-order valence-corrected chi connectivity index (χ0v) is 11.5. The first-order valence-corrected chi connectivity index (χ1v) is 6.23. The molecule has 0 saturated heterocycles. The molecule has 0 aromatic heterocycles. The van der Waals surface area contributed by atoms with Gasteiger partial charge in [-0.05, 0) is 25.5 Å². The number of hydrogen-bond donors (Lipinski definition) is 2. The van der Waals surface area contributed by atoms with Crippen molar-refractivity contribution in [2.45, 2.75) is 20.3 Å². The van der Waals surface area contributed by atoms with Gasteiger partial charge in [-0.15, -0.1) is 0 Å². The molecule has 3 N–H and O–H groups in total. The van der Waals surface area contributed by atoms with Gasteiger partial charge in [0.25, 0.3) is 5.91 Å². The molecule has 1 aromatic rings. The first-order valence-electron chi connectivity index (χ1n) is 5.83. The number of aromatic hydroxyl groups is 1. The van der Waals surface area contributed by atoms with E-state index in [4.69, 9.17) is 18.0 Å². The molecule has 18 heavy (non-hydrogen) atoms. The van der Waals surface area contributed by atoms with E-state index in [1.54, 1.807) is 17.0 Å². The Morgan fingerprint density at radius 2 is 2.17 bits per heavy atom. The van der Waals surface area contributed by atoms with Gasteiger partial charge in [-0.25, -0.2) is 0 Å². The summed E-state index contributed by atoms with van der Waals surface area (Å²) in [5, 5.41) is 9.75. The van der Waals surface area contributed by atoms with Gasteiger partial charge < -0.3 is 15.7 Å².